The average Bonchev–Trinajstić information content (AvgIpc) is 2.43. The highest BCUT2D eigenvalue weighted by molar-refractivity contribution is 6.22. The Morgan fingerprint density at radius 1 is 1.47 bits per heavy atom. The summed E-state index contributed by atoms with van der Waals surface area (Å²) in [6, 6.07) is 7.07. The Kier molecular flexibility index (Phi) is 3.61. The second-order valence-electron chi connectivity index (χ2n) is 3.99. The van der Waals surface area contributed by atoms with E-state index in [1.54, 1.807) is 31.3 Å². The third kappa shape index (κ3) is 2.47. The second-order valence-corrected chi connectivity index (χ2v) is 3.99. The first-order valence-corrected chi connectivity index (χ1v) is 5.76. The molecule has 98 valence electrons. The number of hydrogen-bond donors (Lipinski definition) is 3. The van der Waals surface area contributed by atoms with Crippen molar-refractivity contribution in [2.45, 2.75) is 0 Å². The third-order valence-corrected chi connectivity index (χ3v) is 2.72. The summed E-state index contributed by atoms with van der Waals surface area (Å²) in [5, 5.41) is 12.7. The standard InChI is InChI=1S/C13H14N4O2/c1-15-7-9(6-14)13(19)17-8-12(18)16-10-4-2-3-5-11(10)17/h2-7,14-15H,8H2,1H3,(H,16,18)/b9-7+,14-6?. The summed E-state index contributed by atoms with van der Waals surface area (Å²) in [4.78, 5) is 25.3. The molecule has 0 atom stereocenters. The Labute approximate surface area is 110 Å². The monoisotopic (exact) mass is 258 g/mol. The maximum absolute atomic E-state index is 12.3. The van der Waals surface area contributed by atoms with Crippen LogP contribution in [0.4, 0.5) is 11.4 Å². The number of rotatable bonds is 3. The normalized spacial score (nSPS) is 14.5. The Bertz CT molecular complexity index is 566. The van der Waals surface area contributed by atoms with Crippen LogP contribution in [0, 0.1) is 5.41 Å². The van der Waals surface area contributed by atoms with Crippen molar-refractivity contribution in [1.82, 2.24) is 5.32 Å². The minimum atomic E-state index is -0.383. The third-order valence-electron chi connectivity index (χ3n) is 2.72. The second kappa shape index (κ2) is 5.34. The quantitative estimate of drug-likeness (QED) is 0.551. The summed E-state index contributed by atoms with van der Waals surface area (Å²) in [6.07, 6.45) is 2.40. The van der Waals surface area contributed by atoms with Crippen LogP contribution in [0.25, 0.3) is 0 Å². The number of nitrogens with one attached hydrogen (secondary N) is 3. The molecule has 0 saturated carbocycles. The molecule has 0 aromatic heterocycles. The molecular weight excluding hydrogens is 244 g/mol. The van der Waals surface area contributed by atoms with E-state index in [-0.39, 0.29) is 23.9 Å². The summed E-state index contributed by atoms with van der Waals surface area (Å²) in [5.74, 6) is -0.632. The number of anilines is 2. The fourth-order valence-corrected chi connectivity index (χ4v) is 1.89. The summed E-state index contributed by atoms with van der Waals surface area (Å²) >= 11 is 0. The van der Waals surface area contributed by atoms with E-state index in [1.165, 1.54) is 11.1 Å². The van der Waals surface area contributed by atoms with Crippen molar-refractivity contribution in [2.75, 3.05) is 23.8 Å². The van der Waals surface area contributed by atoms with E-state index >= 15 is 0 Å². The molecule has 0 saturated heterocycles. The van der Waals surface area contributed by atoms with E-state index in [2.05, 4.69) is 10.6 Å². The number of fused-ring (bicyclic) bond motifs is 1. The lowest BCUT2D eigenvalue weighted by Crippen LogP contribution is -2.43. The van der Waals surface area contributed by atoms with Gasteiger partial charge in [0.25, 0.3) is 5.91 Å². The molecule has 1 aromatic rings. The number of hydrogen-bond acceptors (Lipinski definition) is 4. The van der Waals surface area contributed by atoms with Crippen molar-refractivity contribution in [1.29, 1.82) is 5.41 Å². The lowest BCUT2D eigenvalue weighted by Gasteiger charge is -2.29. The van der Waals surface area contributed by atoms with Crippen LogP contribution in [-0.4, -0.2) is 31.6 Å². The first-order valence-electron chi connectivity index (χ1n) is 5.76. The van der Waals surface area contributed by atoms with Gasteiger partial charge in [0.2, 0.25) is 5.91 Å². The number of para-hydroxylation sites is 2. The van der Waals surface area contributed by atoms with Gasteiger partial charge in [0, 0.05) is 19.5 Å². The zero-order valence-electron chi connectivity index (χ0n) is 10.4. The lowest BCUT2D eigenvalue weighted by atomic mass is 10.1. The molecule has 0 spiro atoms. The molecule has 0 fully saturated rings. The van der Waals surface area contributed by atoms with E-state index in [0.29, 0.717) is 11.4 Å². The Morgan fingerprint density at radius 2 is 2.21 bits per heavy atom. The molecule has 0 radical (unpaired) electrons. The zero-order chi connectivity index (χ0) is 13.8. The van der Waals surface area contributed by atoms with Gasteiger partial charge < -0.3 is 16.0 Å². The number of benzene rings is 1. The Morgan fingerprint density at radius 3 is 2.89 bits per heavy atom. The van der Waals surface area contributed by atoms with Gasteiger partial charge >= 0.3 is 0 Å². The highest BCUT2D eigenvalue weighted by Gasteiger charge is 2.27. The molecule has 2 amide bonds. The maximum atomic E-state index is 12.3. The molecule has 1 aliphatic rings. The molecule has 0 bridgehead atoms. The largest absolute Gasteiger partial charge is 0.393 e. The number of carbonyl (C=O) groups is 2. The van der Waals surface area contributed by atoms with Gasteiger partial charge in [-0.05, 0) is 12.1 Å². The van der Waals surface area contributed by atoms with Crippen LogP contribution in [-0.2, 0) is 9.59 Å². The number of carbonyl (C=O) groups excluding carboxylic acids is 2. The van der Waals surface area contributed by atoms with Gasteiger partial charge in [-0.3, -0.25) is 14.5 Å². The van der Waals surface area contributed by atoms with Crippen LogP contribution < -0.4 is 15.5 Å². The maximum Gasteiger partial charge on any atom is 0.261 e. The molecule has 3 N–H and O–H groups in total. The van der Waals surface area contributed by atoms with Crippen LogP contribution in [0.5, 0.6) is 0 Å². The highest BCUT2D eigenvalue weighted by Crippen LogP contribution is 2.29. The van der Waals surface area contributed by atoms with Crippen LogP contribution in [0.15, 0.2) is 36.0 Å². The SMILES string of the molecule is CN/C=C(\C=N)C(=O)N1CC(=O)Nc2ccccc21. The minimum absolute atomic E-state index is 0.0509. The van der Waals surface area contributed by atoms with Crippen LogP contribution in [0.3, 0.4) is 0 Å². The van der Waals surface area contributed by atoms with E-state index < -0.39 is 0 Å². The molecule has 0 unspecified atom stereocenters. The van der Waals surface area contributed by atoms with Gasteiger partial charge in [0.05, 0.1) is 16.9 Å². The molecule has 0 aliphatic carbocycles. The van der Waals surface area contributed by atoms with E-state index in [9.17, 15) is 9.59 Å². The average molecular weight is 258 g/mol. The smallest absolute Gasteiger partial charge is 0.261 e. The summed E-state index contributed by atoms with van der Waals surface area (Å²) in [7, 11) is 1.65. The Balaban J connectivity index is 2.40. The fraction of sp³-hybridized carbons (Fsp3) is 0.154. The molecule has 6 heteroatoms. The van der Waals surface area contributed by atoms with Gasteiger partial charge in [-0.15, -0.1) is 0 Å². The van der Waals surface area contributed by atoms with Gasteiger partial charge in [0.15, 0.2) is 0 Å². The molecule has 1 aromatic carbocycles. The zero-order valence-corrected chi connectivity index (χ0v) is 10.4. The van der Waals surface area contributed by atoms with Crippen molar-refractivity contribution in [2.24, 2.45) is 0 Å². The van der Waals surface area contributed by atoms with E-state index in [1.807, 2.05) is 0 Å². The minimum Gasteiger partial charge on any atom is -0.393 e. The first-order chi connectivity index (χ1) is 9.17. The number of nitrogens with zero attached hydrogens (tertiary/aromatic N) is 1. The fourth-order valence-electron chi connectivity index (χ4n) is 1.89. The van der Waals surface area contributed by atoms with Crippen LogP contribution in [0.1, 0.15) is 0 Å². The van der Waals surface area contributed by atoms with Crippen LogP contribution >= 0.6 is 0 Å². The topological polar surface area (TPSA) is 85.3 Å². The Hall–Kier alpha value is -2.63. The summed E-state index contributed by atoms with van der Waals surface area (Å²) in [6.45, 7) is -0.0509. The number of amides is 2. The molecule has 2 rings (SSSR count). The van der Waals surface area contributed by atoms with Crippen molar-refractivity contribution >= 4 is 29.4 Å². The van der Waals surface area contributed by atoms with Gasteiger partial charge in [-0.25, -0.2) is 0 Å². The van der Waals surface area contributed by atoms with Crippen molar-refractivity contribution in [3.05, 3.63) is 36.0 Å². The van der Waals surface area contributed by atoms with Gasteiger partial charge in [-0.1, -0.05) is 12.1 Å². The van der Waals surface area contributed by atoms with Gasteiger partial charge in [-0.2, -0.15) is 0 Å². The van der Waals surface area contributed by atoms with E-state index in [4.69, 9.17) is 5.41 Å². The molecule has 19 heavy (non-hydrogen) atoms. The van der Waals surface area contributed by atoms with Crippen molar-refractivity contribution in [3.8, 4) is 0 Å². The first kappa shape index (κ1) is 12.8. The predicted molar refractivity (Wildman–Crippen MR) is 73.4 cm³/mol. The molecule has 1 heterocycles. The highest BCUT2D eigenvalue weighted by atomic mass is 16.2. The predicted octanol–water partition coefficient (Wildman–Crippen LogP) is 0.725. The van der Waals surface area contributed by atoms with Crippen molar-refractivity contribution < 1.29 is 9.59 Å². The summed E-state index contributed by atoms with van der Waals surface area (Å²) in [5.41, 5.74) is 1.42. The molecule has 6 nitrogen and oxygen atoms in total. The van der Waals surface area contributed by atoms with Crippen LogP contribution in [0.2, 0.25) is 0 Å². The summed E-state index contributed by atoms with van der Waals surface area (Å²) < 4.78 is 0. The van der Waals surface area contributed by atoms with E-state index in [0.717, 1.165) is 6.21 Å². The lowest BCUT2D eigenvalue weighted by molar-refractivity contribution is -0.119. The van der Waals surface area contributed by atoms with Crippen molar-refractivity contribution in [3.63, 3.8) is 0 Å². The molecule has 1 aliphatic heterocycles. The van der Waals surface area contributed by atoms with Gasteiger partial charge in [0.1, 0.15) is 6.54 Å². The molecular formula is C13H14N4O2.